The predicted molar refractivity (Wildman–Crippen MR) is 56.1 cm³/mol. The molecule has 2 amide bonds. The Hall–Kier alpha value is -1.47. The zero-order valence-corrected chi connectivity index (χ0v) is 9.66. The third-order valence-electron chi connectivity index (χ3n) is 2.74. The maximum absolute atomic E-state index is 12.0. The van der Waals surface area contributed by atoms with E-state index in [1.54, 1.807) is 5.32 Å². The number of rotatable bonds is 2. The second-order valence-electron chi connectivity index (χ2n) is 4.17. The fourth-order valence-electron chi connectivity index (χ4n) is 1.89. The lowest BCUT2D eigenvalue weighted by molar-refractivity contribution is -0.142. The number of carbonyl (C=O) groups excluding carboxylic acids is 1. The van der Waals surface area contributed by atoms with Gasteiger partial charge >= 0.3 is 18.2 Å². The molecule has 0 aromatic carbocycles. The SMILES string of the molecule is O=C(O)C1CCCCCN1C(=O)NCC(F)(F)F. The Balaban J connectivity index is 2.64. The maximum Gasteiger partial charge on any atom is 0.405 e. The Labute approximate surface area is 102 Å². The van der Waals surface area contributed by atoms with Crippen molar-refractivity contribution >= 4 is 12.0 Å². The molecule has 0 aromatic rings. The second kappa shape index (κ2) is 5.92. The number of nitrogens with zero attached hydrogens (tertiary/aromatic N) is 1. The number of carboxylic acid groups (broad SMARTS) is 1. The van der Waals surface area contributed by atoms with Crippen molar-refractivity contribution in [3.05, 3.63) is 0 Å². The van der Waals surface area contributed by atoms with Crippen molar-refractivity contribution in [1.29, 1.82) is 0 Å². The molecule has 1 unspecified atom stereocenters. The summed E-state index contributed by atoms with van der Waals surface area (Å²) >= 11 is 0. The quantitative estimate of drug-likeness (QED) is 0.799. The van der Waals surface area contributed by atoms with E-state index in [4.69, 9.17) is 5.11 Å². The molecule has 1 heterocycles. The summed E-state index contributed by atoms with van der Waals surface area (Å²) in [7, 11) is 0. The van der Waals surface area contributed by atoms with Crippen LogP contribution in [0.1, 0.15) is 25.7 Å². The van der Waals surface area contributed by atoms with Crippen LogP contribution in [-0.4, -0.2) is 47.3 Å². The molecule has 0 bridgehead atoms. The van der Waals surface area contributed by atoms with Gasteiger partial charge in [-0.15, -0.1) is 0 Å². The molecular weight excluding hydrogens is 253 g/mol. The number of amides is 2. The summed E-state index contributed by atoms with van der Waals surface area (Å²) in [5.74, 6) is -1.18. The largest absolute Gasteiger partial charge is 0.480 e. The average Bonchev–Trinajstić information content (AvgIpc) is 2.49. The first-order valence-corrected chi connectivity index (χ1v) is 5.65. The van der Waals surface area contributed by atoms with Gasteiger partial charge in [0.05, 0.1) is 0 Å². The van der Waals surface area contributed by atoms with E-state index in [1.807, 2.05) is 0 Å². The number of aliphatic carboxylic acids is 1. The number of carbonyl (C=O) groups is 2. The van der Waals surface area contributed by atoms with Gasteiger partial charge in [0.25, 0.3) is 0 Å². The highest BCUT2D eigenvalue weighted by molar-refractivity contribution is 5.82. The first-order valence-electron chi connectivity index (χ1n) is 5.65. The van der Waals surface area contributed by atoms with Gasteiger partial charge in [-0.05, 0) is 12.8 Å². The van der Waals surface area contributed by atoms with E-state index in [-0.39, 0.29) is 13.0 Å². The van der Waals surface area contributed by atoms with Gasteiger partial charge in [-0.25, -0.2) is 9.59 Å². The van der Waals surface area contributed by atoms with E-state index in [0.29, 0.717) is 12.8 Å². The normalized spacial score (nSPS) is 21.3. The van der Waals surface area contributed by atoms with Gasteiger partial charge in [0.2, 0.25) is 0 Å². The first kappa shape index (κ1) is 14.6. The van der Waals surface area contributed by atoms with Crippen LogP contribution in [0, 0.1) is 0 Å². The lowest BCUT2D eigenvalue weighted by Crippen LogP contribution is -2.50. The molecule has 8 heteroatoms. The fourth-order valence-corrected chi connectivity index (χ4v) is 1.89. The minimum absolute atomic E-state index is 0.167. The highest BCUT2D eigenvalue weighted by Crippen LogP contribution is 2.18. The Morgan fingerprint density at radius 1 is 1.28 bits per heavy atom. The van der Waals surface area contributed by atoms with Crippen molar-refractivity contribution in [1.82, 2.24) is 10.2 Å². The van der Waals surface area contributed by atoms with Crippen LogP contribution < -0.4 is 5.32 Å². The van der Waals surface area contributed by atoms with Gasteiger partial charge in [0.15, 0.2) is 0 Å². The monoisotopic (exact) mass is 268 g/mol. The van der Waals surface area contributed by atoms with Crippen LogP contribution in [0.5, 0.6) is 0 Å². The molecular formula is C10H15F3N2O3. The molecule has 104 valence electrons. The molecule has 0 aromatic heterocycles. The standard InChI is InChI=1S/C10H15F3N2O3/c11-10(12,13)6-14-9(18)15-5-3-1-2-4-7(15)8(16)17/h7H,1-6H2,(H,14,18)(H,16,17). The molecule has 1 fully saturated rings. The fraction of sp³-hybridized carbons (Fsp3) is 0.800. The number of hydrogen-bond donors (Lipinski definition) is 2. The van der Waals surface area contributed by atoms with Crippen molar-refractivity contribution in [3.8, 4) is 0 Å². The van der Waals surface area contributed by atoms with Crippen LogP contribution in [0.15, 0.2) is 0 Å². The van der Waals surface area contributed by atoms with Crippen LogP contribution in [0.2, 0.25) is 0 Å². The molecule has 1 saturated heterocycles. The minimum Gasteiger partial charge on any atom is -0.480 e. The highest BCUT2D eigenvalue weighted by Gasteiger charge is 2.33. The number of carboxylic acids is 1. The van der Waals surface area contributed by atoms with E-state index in [2.05, 4.69) is 0 Å². The van der Waals surface area contributed by atoms with E-state index in [0.717, 1.165) is 11.3 Å². The molecule has 0 aliphatic carbocycles. The van der Waals surface area contributed by atoms with Crippen molar-refractivity contribution in [2.75, 3.05) is 13.1 Å². The number of urea groups is 1. The molecule has 0 radical (unpaired) electrons. The lowest BCUT2D eigenvalue weighted by Gasteiger charge is -2.27. The topological polar surface area (TPSA) is 69.6 Å². The smallest absolute Gasteiger partial charge is 0.405 e. The summed E-state index contributed by atoms with van der Waals surface area (Å²) in [6.45, 7) is -1.28. The Kier molecular flexibility index (Phi) is 4.80. The first-order chi connectivity index (χ1) is 8.31. The summed E-state index contributed by atoms with van der Waals surface area (Å²) in [4.78, 5) is 23.5. The Bertz CT molecular complexity index is 320. The highest BCUT2D eigenvalue weighted by atomic mass is 19.4. The van der Waals surface area contributed by atoms with Gasteiger partial charge < -0.3 is 15.3 Å². The molecule has 5 nitrogen and oxygen atoms in total. The summed E-state index contributed by atoms with van der Waals surface area (Å²) in [6.07, 6.45) is -2.20. The van der Waals surface area contributed by atoms with Crippen LogP contribution in [0.3, 0.4) is 0 Å². The van der Waals surface area contributed by atoms with Crippen LogP contribution >= 0.6 is 0 Å². The van der Waals surface area contributed by atoms with Gasteiger partial charge in [0.1, 0.15) is 12.6 Å². The van der Waals surface area contributed by atoms with Crippen molar-refractivity contribution in [2.24, 2.45) is 0 Å². The molecule has 0 saturated carbocycles. The van der Waals surface area contributed by atoms with Crippen LogP contribution in [0.4, 0.5) is 18.0 Å². The second-order valence-corrected chi connectivity index (χ2v) is 4.17. The van der Waals surface area contributed by atoms with E-state index in [1.165, 1.54) is 0 Å². The van der Waals surface area contributed by atoms with Crippen molar-refractivity contribution < 1.29 is 27.9 Å². The van der Waals surface area contributed by atoms with Crippen molar-refractivity contribution in [2.45, 2.75) is 37.9 Å². The maximum atomic E-state index is 12.0. The number of hydrogen-bond acceptors (Lipinski definition) is 2. The van der Waals surface area contributed by atoms with Gasteiger partial charge in [-0.2, -0.15) is 13.2 Å². The zero-order chi connectivity index (χ0) is 13.8. The third-order valence-corrected chi connectivity index (χ3v) is 2.74. The number of likely N-dealkylation sites (tertiary alicyclic amines) is 1. The molecule has 1 aliphatic heterocycles. The molecule has 0 spiro atoms. The summed E-state index contributed by atoms with van der Waals surface area (Å²) < 4.78 is 35.9. The summed E-state index contributed by atoms with van der Waals surface area (Å²) in [5.41, 5.74) is 0. The number of halogens is 3. The van der Waals surface area contributed by atoms with Gasteiger partial charge in [-0.3, -0.25) is 0 Å². The number of nitrogens with one attached hydrogen (secondary N) is 1. The molecule has 2 N–H and O–H groups in total. The van der Waals surface area contributed by atoms with Crippen molar-refractivity contribution in [3.63, 3.8) is 0 Å². The minimum atomic E-state index is -4.50. The van der Waals surface area contributed by atoms with E-state index < -0.39 is 30.8 Å². The van der Waals surface area contributed by atoms with E-state index >= 15 is 0 Å². The Morgan fingerprint density at radius 2 is 1.94 bits per heavy atom. The predicted octanol–water partition coefficient (Wildman–Crippen LogP) is 1.59. The van der Waals surface area contributed by atoms with Gasteiger partial charge in [0, 0.05) is 6.54 Å². The molecule has 18 heavy (non-hydrogen) atoms. The molecule has 1 rings (SSSR count). The molecule has 1 aliphatic rings. The van der Waals surface area contributed by atoms with Crippen LogP contribution in [0.25, 0.3) is 0 Å². The lowest BCUT2D eigenvalue weighted by atomic mass is 10.1. The average molecular weight is 268 g/mol. The number of alkyl halides is 3. The third kappa shape index (κ3) is 4.42. The van der Waals surface area contributed by atoms with Crippen LogP contribution in [-0.2, 0) is 4.79 Å². The molecule has 1 atom stereocenters. The van der Waals surface area contributed by atoms with Gasteiger partial charge in [-0.1, -0.05) is 12.8 Å². The zero-order valence-electron chi connectivity index (χ0n) is 9.66. The summed E-state index contributed by atoms with van der Waals surface area (Å²) in [5, 5.41) is 10.7. The Morgan fingerprint density at radius 3 is 2.50 bits per heavy atom. The van der Waals surface area contributed by atoms with E-state index in [9.17, 15) is 22.8 Å². The summed E-state index contributed by atoms with van der Waals surface area (Å²) in [6, 6.07) is -2.01.